The summed E-state index contributed by atoms with van der Waals surface area (Å²) in [7, 11) is 0. The van der Waals surface area contributed by atoms with Crippen LogP contribution in [0.4, 0.5) is 0 Å². The predicted octanol–water partition coefficient (Wildman–Crippen LogP) is 0.0856. The number of carbonyl (C=O) groups is 1. The summed E-state index contributed by atoms with van der Waals surface area (Å²) < 4.78 is 0. The van der Waals surface area contributed by atoms with Crippen LogP contribution in [-0.2, 0) is 0 Å². The third kappa shape index (κ3) is 2.53. The first-order valence-electron chi connectivity index (χ1n) is 4.96. The molecule has 3 N–H and O–H groups in total. The number of nitrogens with one attached hydrogen (secondary N) is 2. The highest BCUT2D eigenvalue weighted by atomic mass is 16.3. The van der Waals surface area contributed by atoms with Gasteiger partial charge in [0.05, 0.1) is 12.1 Å². The second-order valence-corrected chi connectivity index (χ2v) is 3.43. The van der Waals surface area contributed by atoms with Crippen molar-refractivity contribution in [2.24, 2.45) is 0 Å². The van der Waals surface area contributed by atoms with Crippen LogP contribution in [0.25, 0.3) is 0 Å². The van der Waals surface area contributed by atoms with Crippen LogP contribution in [0, 0.1) is 0 Å². The van der Waals surface area contributed by atoms with E-state index in [2.05, 4.69) is 20.5 Å². The molecule has 0 bridgehead atoms. The topological polar surface area (TPSA) is 90.9 Å². The second kappa shape index (κ2) is 4.88. The normalized spacial score (nSPS) is 11.4. The number of H-pyrrole nitrogens is 1. The summed E-state index contributed by atoms with van der Waals surface area (Å²) in [6.07, 6.45) is 2.60. The summed E-state index contributed by atoms with van der Waals surface area (Å²) >= 11 is 0. The Hall–Kier alpha value is -1.43. The molecule has 15 heavy (non-hydrogen) atoms. The Morgan fingerprint density at radius 1 is 1.60 bits per heavy atom. The lowest BCUT2D eigenvalue weighted by Gasteiger charge is -2.30. The molecular formula is C9H16N4O2. The van der Waals surface area contributed by atoms with Gasteiger partial charge in [-0.25, -0.2) is 4.98 Å². The molecule has 0 saturated heterocycles. The lowest BCUT2D eigenvalue weighted by Crippen LogP contribution is -2.50. The maximum Gasteiger partial charge on any atom is 0.289 e. The van der Waals surface area contributed by atoms with E-state index in [1.807, 2.05) is 13.8 Å². The van der Waals surface area contributed by atoms with Crippen molar-refractivity contribution in [3.63, 3.8) is 0 Å². The lowest BCUT2D eigenvalue weighted by molar-refractivity contribution is 0.0808. The maximum absolute atomic E-state index is 11.6. The minimum atomic E-state index is -0.566. The first-order chi connectivity index (χ1) is 7.17. The molecule has 1 aromatic heterocycles. The molecule has 1 aromatic rings. The van der Waals surface area contributed by atoms with Gasteiger partial charge in [0.1, 0.15) is 6.33 Å². The van der Waals surface area contributed by atoms with E-state index >= 15 is 0 Å². The van der Waals surface area contributed by atoms with Crippen LogP contribution >= 0.6 is 0 Å². The number of amides is 1. The number of carbonyl (C=O) groups excluding carboxylic acids is 1. The molecule has 0 spiro atoms. The van der Waals surface area contributed by atoms with Crippen LogP contribution < -0.4 is 5.32 Å². The van der Waals surface area contributed by atoms with Gasteiger partial charge < -0.3 is 10.4 Å². The first-order valence-corrected chi connectivity index (χ1v) is 4.96. The van der Waals surface area contributed by atoms with Crippen molar-refractivity contribution in [1.29, 1.82) is 0 Å². The van der Waals surface area contributed by atoms with Crippen LogP contribution in [0.3, 0.4) is 0 Å². The smallest absolute Gasteiger partial charge is 0.289 e. The Labute approximate surface area is 88.1 Å². The number of hydrogen-bond donors (Lipinski definition) is 3. The van der Waals surface area contributed by atoms with Crippen molar-refractivity contribution in [3.8, 4) is 0 Å². The minimum Gasteiger partial charge on any atom is -0.394 e. The number of rotatable bonds is 5. The molecule has 0 aliphatic heterocycles. The maximum atomic E-state index is 11.6. The highest BCUT2D eigenvalue weighted by Gasteiger charge is 2.28. The van der Waals surface area contributed by atoms with Gasteiger partial charge in [-0.2, -0.15) is 5.10 Å². The zero-order chi connectivity index (χ0) is 11.3. The summed E-state index contributed by atoms with van der Waals surface area (Å²) in [4.78, 5) is 15.4. The fourth-order valence-corrected chi connectivity index (χ4v) is 1.30. The molecule has 1 amide bonds. The van der Waals surface area contributed by atoms with Crippen LogP contribution in [0.2, 0.25) is 0 Å². The van der Waals surface area contributed by atoms with E-state index < -0.39 is 5.54 Å². The van der Waals surface area contributed by atoms with Crippen molar-refractivity contribution >= 4 is 5.91 Å². The van der Waals surface area contributed by atoms with Gasteiger partial charge in [0.2, 0.25) is 5.82 Å². The average molecular weight is 212 g/mol. The summed E-state index contributed by atoms with van der Waals surface area (Å²) in [5.41, 5.74) is -0.566. The molecule has 0 unspecified atom stereocenters. The molecule has 0 fully saturated rings. The van der Waals surface area contributed by atoms with Gasteiger partial charge in [0.25, 0.3) is 5.91 Å². The Morgan fingerprint density at radius 3 is 2.67 bits per heavy atom. The summed E-state index contributed by atoms with van der Waals surface area (Å²) in [5.74, 6) is -0.181. The quantitative estimate of drug-likeness (QED) is 0.645. The Morgan fingerprint density at radius 2 is 2.27 bits per heavy atom. The highest BCUT2D eigenvalue weighted by molar-refractivity contribution is 5.90. The van der Waals surface area contributed by atoms with Gasteiger partial charge >= 0.3 is 0 Å². The number of aliphatic hydroxyl groups excluding tert-OH is 1. The fourth-order valence-electron chi connectivity index (χ4n) is 1.30. The molecule has 0 saturated carbocycles. The van der Waals surface area contributed by atoms with E-state index in [4.69, 9.17) is 0 Å². The molecule has 1 heterocycles. The molecule has 0 atom stereocenters. The third-order valence-electron chi connectivity index (χ3n) is 2.67. The van der Waals surface area contributed by atoms with Crippen LogP contribution in [0.5, 0.6) is 0 Å². The highest BCUT2D eigenvalue weighted by Crippen LogP contribution is 2.14. The zero-order valence-corrected chi connectivity index (χ0v) is 8.95. The lowest BCUT2D eigenvalue weighted by atomic mass is 9.94. The largest absolute Gasteiger partial charge is 0.394 e. The molecule has 0 aliphatic carbocycles. The molecule has 84 valence electrons. The van der Waals surface area contributed by atoms with Gasteiger partial charge in [0.15, 0.2) is 0 Å². The van der Waals surface area contributed by atoms with E-state index in [1.54, 1.807) is 0 Å². The molecule has 0 aliphatic rings. The molecule has 0 radical (unpaired) electrons. The molecule has 6 nitrogen and oxygen atoms in total. The van der Waals surface area contributed by atoms with Crippen molar-refractivity contribution in [3.05, 3.63) is 12.2 Å². The van der Waals surface area contributed by atoms with Gasteiger partial charge in [-0.3, -0.25) is 9.89 Å². The van der Waals surface area contributed by atoms with Gasteiger partial charge in [0, 0.05) is 0 Å². The van der Waals surface area contributed by atoms with Gasteiger partial charge in [-0.15, -0.1) is 0 Å². The number of nitrogens with zero attached hydrogens (tertiary/aromatic N) is 2. The third-order valence-corrected chi connectivity index (χ3v) is 2.67. The van der Waals surface area contributed by atoms with E-state index in [1.165, 1.54) is 6.33 Å². The summed E-state index contributed by atoms with van der Waals surface area (Å²) in [5, 5.41) is 18.1. The molecule has 6 heteroatoms. The van der Waals surface area contributed by atoms with Gasteiger partial charge in [-0.05, 0) is 12.8 Å². The van der Waals surface area contributed by atoms with Crippen molar-refractivity contribution in [2.75, 3.05) is 6.61 Å². The first kappa shape index (κ1) is 11.6. The van der Waals surface area contributed by atoms with Crippen LogP contribution in [0.1, 0.15) is 37.3 Å². The predicted molar refractivity (Wildman–Crippen MR) is 54.2 cm³/mol. The minimum absolute atomic E-state index is 0.0835. The molecule has 1 rings (SSSR count). The Bertz CT molecular complexity index is 298. The monoisotopic (exact) mass is 212 g/mol. The van der Waals surface area contributed by atoms with Crippen molar-refractivity contribution < 1.29 is 9.90 Å². The summed E-state index contributed by atoms with van der Waals surface area (Å²) in [6.45, 7) is 3.75. The number of aromatic nitrogens is 3. The van der Waals surface area contributed by atoms with Gasteiger partial charge in [-0.1, -0.05) is 13.8 Å². The Kier molecular flexibility index (Phi) is 3.79. The summed E-state index contributed by atoms with van der Waals surface area (Å²) in [6, 6.07) is 0. The number of aromatic amines is 1. The van der Waals surface area contributed by atoms with E-state index in [-0.39, 0.29) is 18.3 Å². The van der Waals surface area contributed by atoms with E-state index in [9.17, 15) is 9.90 Å². The second-order valence-electron chi connectivity index (χ2n) is 3.43. The van der Waals surface area contributed by atoms with Crippen molar-refractivity contribution in [1.82, 2.24) is 20.5 Å². The Balaban J connectivity index is 2.71. The number of aliphatic hydroxyl groups is 1. The fraction of sp³-hybridized carbons (Fsp3) is 0.667. The van der Waals surface area contributed by atoms with Crippen molar-refractivity contribution in [2.45, 2.75) is 32.2 Å². The molecule has 0 aromatic carbocycles. The zero-order valence-electron chi connectivity index (χ0n) is 8.95. The van der Waals surface area contributed by atoms with E-state index in [0.29, 0.717) is 12.8 Å². The van der Waals surface area contributed by atoms with E-state index in [0.717, 1.165) is 0 Å². The molecular weight excluding hydrogens is 196 g/mol. The standard InChI is InChI=1S/C9H16N4O2/c1-3-9(4-2,5-14)12-8(15)7-10-6-11-13-7/h6,14H,3-5H2,1-2H3,(H,12,15)(H,10,11,13). The average Bonchev–Trinajstić information content (AvgIpc) is 2.79. The van der Waals surface area contributed by atoms with Crippen LogP contribution in [-0.4, -0.2) is 38.3 Å². The number of hydrogen-bond acceptors (Lipinski definition) is 4. The van der Waals surface area contributed by atoms with Crippen LogP contribution in [0.15, 0.2) is 6.33 Å². The SMILES string of the molecule is CCC(CC)(CO)NC(=O)c1ncn[nH]1.